The first kappa shape index (κ1) is 16.8. The SMILES string of the molecule is CC(C(=O)c1ccccc1)C(Nc1ccccc1O)c1ccccc1. The number of carbonyl (C=O) groups excluding carboxylic acids is 1. The molecule has 2 atom stereocenters. The van der Waals surface area contributed by atoms with Gasteiger partial charge in [0, 0.05) is 11.5 Å². The zero-order valence-corrected chi connectivity index (χ0v) is 14.1. The van der Waals surface area contributed by atoms with E-state index in [1.54, 1.807) is 12.1 Å². The van der Waals surface area contributed by atoms with Crippen molar-refractivity contribution in [1.82, 2.24) is 0 Å². The smallest absolute Gasteiger partial charge is 0.168 e. The van der Waals surface area contributed by atoms with Crippen molar-refractivity contribution in [2.75, 3.05) is 5.32 Å². The number of phenols is 1. The summed E-state index contributed by atoms with van der Waals surface area (Å²) in [6.07, 6.45) is 0. The van der Waals surface area contributed by atoms with E-state index in [9.17, 15) is 9.90 Å². The summed E-state index contributed by atoms with van der Waals surface area (Å²) in [6.45, 7) is 1.92. The minimum Gasteiger partial charge on any atom is -0.506 e. The largest absolute Gasteiger partial charge is 0.506 e. The van der Waals surface area contributed by atoms with Crippen molar-refractivity contribution in [2.24, 2.45) is 5.92 Å². The van der Waals surface area contributed by atoms with Gasteiger partial charge in [-0.2, -0.15) is 0 Å². The van der Waals surface area contributed by atoms with Crippen molar-refractivity contribution in [1.29, 1.82) is 0 Å². The lowest BCUT2D eigenvalue weighted by Crippen LogP contribution is -2.25. The van der Waals surface area contributed by atoms with Gasteiger partial charge in [-0.05, 0) is 17.7 Å². The summed E-state index contributed by atoms with van der Waals surface area (Å²) in [5.41, 5.74) is 2.31. The van der Waals surface area contributed by atoms with Gasteiger partial charge in [0.25, 0.3) is 0 Å². The maximum atomic E-state index is 12.9. The molecule has 3 heteroatoms. The fourth-order valence-corrected chi connectivity index (χ4v) is 2.94. The van der Waals surface area contributed by atoms with Crippen molar-refractivity contribution in [3.63, 3.8) is 0 Å². The molecule has 0 fully saturated rings. The van der Waals surface area contributed by atoms with Crippen LogP contribution in [0, 0.1) is 5.92 Å². The second kappa shape index (κ2) is 7.67. The van der Waals surface area contributed by atoms with Gasteiger partial charge in [0.1, 0.15) is 5.75 Å². The van der Waals surface area contributed by atoms with Crippen LogP contribution in [0.3, 0.4) is 0 Å². The molecule has 0 bridgehead atoms. The van der Waals surface area contributed by atoms with Gasteiger partial charge in [-0.25, -0.2) is 0 Å². The Balaban J connectivity index is 1.94. The van der Waals surface area contributed by atoms with Gasteiger partial charge in [-0.3, -0.25) is 4.79 Å². The van der Waals surface area contributed by atoms with Crippen LogP contribution in [0.25, 0.3) is 0 Å². The number of benzene rings is 3. The lowest BCUT2D eigenvalue weighted by Gasteiger charge is -2.26. The fourth-order valence-electron chi connectivity index (χ4n) is 2.94. The maximum absolute atomic E-state index is 12.9. The lowest BCUT2D eigenvalue weighted by atomic mass is 9.88. The molecule has 3 aromatic rings. The van der Waals surface area contributed by atoms with E-state index >= 15 is 0 Å². The van der Waals surface area contributed by atoms with Gasteiger partial charge in [0.15, 0.2) is 5.78 Å². The monoisotopic (exact) mass is 331 g/mol. The van der Waals surface area contributed by atoms with E-state index in [2.05, 4.69) is 5.32 Å². The van der Waals surface area contributed by atoms with Gasteiger partial charge < -0.3 is 10.4 Å². The van der Waals surface area contributed by atoms with Crippen LogP contribution in [-0.2, 0) is 0 Å². The number of phenolic OH excluding ortho intramolecular Hbond substituents is 1. The molecular formula is C22H21NO2. The van der Waals surface area contributed by atoms with Crippen LogP contribution >= 0.6 is 0 Å². The van der Waals surface area contributed by atoms with Crippen LogP contribution in [0.5, 0.6) is 5.75 Å². The summed E-state index contributed by atoms with van der Waals surface area (Å²) >= 11 is 0. The van der Waals surface area contributed by atoms with Crippen molar-refractivity contribution in [3.8, 4) is 5.75 Å². The Labute approximate surface area is 148 Å². The van der Waals surface area contributed by atoms with Gasteiger partial charge in [0.05, 0.1) is 11.7 Å². The molecule has 2 N–H and O–H groups in total. The lowest BCUT2D eigenvalue weighted by molar-refractivity contribution is 0.0917. The number of hydrogen-bond donors (Lipinski definition) is 2. The highest BCUT2D eigenvalue weighted by Crippen LogP contribution is 2.32. The second-order valence-electron chi connectivity index (χ2n) is 6.07. The molecule has 0 aliphatic heterocycles. The van der Waals surface area contributed by atoms with Crippen LogP contribution < -0.4 is 5.32 Å². The number of para-hydroxylation sites is 2. The zero-order chi connectivity index (χ0) is 17.6. The summed E-state index contributed by atoms with van der Waals surface area (Å²) < 4.78 is 0. The van der Waals surface area contributed by atoms with Crippen LogP contribution in [0.15, 0.2) is 84.9 Å². The van der Waals surface area contributed by atoms with Crippen molar-refractivity contribution < 1.29 is 9.90 Å². The third-order valence-corrected chi connectivity index (χ3v) is 4.35. The predicted octanol–water partition coefficient (Wildman–Crippen LogP) is 5.06. The topological polar surface area (TPSA) is 49.3 Å². The number of Topliss-reactive ketones (excluding diaryl/α,β-unsaturated/α-hetero) is 1. The number of anilines is 1. The maximum Gasteiger partial charge on any atom is 0.168 e. The highest BCUT2D eigenvalue weighted by Gasteiger charge is 2.26. The average Bonchev–Trinajstić information content (AvgIpc) is 2.67. The Morgan fingerprint density at radius 3 is 2.04 bits per heavy atom. The number of nitrogens with one attached hydrogen (secondary N) is 1. The molecular weight excluding hydrogens is 310 g/mol. The standard InChI is InChI=1S/C22H21NO2/c1-16(22(25)18-12-6-3-7-13-18)21(17-10-4-2-5-11-17)23-19-14-8-9-15-20(19)24/h2-16,21,23-24H,1H3. The van der Waals surface area contributed by atoms with Crippen LogP contribution in [0.2, 0.25) is 0 Å². The Morgan fingerprint density at radius 2 is 1.40 bits per heavy atom. The summed E-state index contributed by atoms with van der Waals surface area (Å²) in [5, 5.41) is 13.4. The Bertz CT molecular complexity index is 831. The van der Waals surface area contributed by atoms with E-state index in [0.717, 1.165) is 5.56 Å². The summed E-state index contributed by atoms with van der Waals surface area (Å²) in [7, 11) is 0. The third kappa shape index (κ3) is 3.89. The highest BCUT2D eigenvalue weighted by molar-refractivity contribution is 5.98. The fraction of sp³-hybridized carbons (Fsp3) is 0.136. The van der Waals surface area contributed by atoms with Crippen molar-refractivity contribution >= 4 is 11.5 Å². The van der Waals surface area contributed by atoms with Crippen molar-refractivity contribution in [3.05, 3.63) is 96.1 Å². The van der Waals surface area contributed by atoms with Gasteiger partial charge in [0.2, 0.25) is 0 Å². The van der Waals surface area contributed by atoms with E-state index in [-0.39, 0.29) is 23.5 Å². The van der Waals surface area contributed by atoms with E-state index < -0.39 is 0 Å². The first-order chi connectivity index (χ1) is 12.2. The summed E-state index contributed by atoms with van der Waals surface area (Å²) in [6, 6.07) is 26.0. The second-order valence-corrected chi connectivity index (χ2v) is 6.07. The molecule has 0 aliphatic rings. The third-order valence-electron chi connectivity index (χ3n) is 4.35. The van der Waals surface area contributed by atoms with Gasteiger partial charge >= 0.3 is 0 Å². The highest BCUT2D eigenvalue weighted by atomic mass is 16.3. The minimum absolute atomic E-state index is 0.0670. The summed E-state index contributed by atoms with van der Waals surface area (Å²) in [5.74, 6) is -0.0652. The quantitative estimate of drug-likeness (QED) is 0.490. The Hall–Kier alpha value is -3.07. The van der Waals surface area contributed by atoms with Crippen LogP contribution in [-0.4, -0.2) is 10.9 Å². The first-order valence-corrected chi connectivity index (χ1v) is 8.35. The number of aromatic hydroxyl groups is 1. The molecule has 2 unspecified atom stereocenters. The Morgan fingerprint density at radius 1 is 0.840 bits per heavy atom. The molecule has 0 radical (unpaired) electrons. The molecule has 0 saturated heterocycles. The molecule has 0 aliphatic carbocycles. The van der Waals surface area contributed by atoms with E-state index in [0.29, 0.717) is 11.3 Å². The Kier molecular flexibility index (Phi) is 5.14. The molecule has 0 amide bonds. The van der Waals surface area contributed by atoms with E-state index in [1.165, 1.54) is 0 Å². The molecule has 25 heavy (non-hydrogen) atoms. The zero-order valence-electron chi connectivity index (χ0n) is 14.1. The van der Waals surface area contributed by atoms with E-state index in [1.807, 2.05) is 79.7 Å². The molecule has 0 heterocycles. The number of rotatable bonds is 6. The molecule has 3 aromatic carbocycles. The molecule has 3 rings (SSSR count). The number of ketones is 1. The predicted molar refractivity (Wildman–Crippen MR) is 101 cm³/mol. The average molecular weight is 331 g/mol. The number of carbonyl (C=O) groups is 1. The molecule has 0 saturated carbocycles. The molecule has 3 nitrogen and oxygen atoms in total. The van der Waals surface area contributed by atoms with E-state index in [4.69, 9.17) is 0 Å². The van der Waals surface area contributed by atoms with Crippen LogP contribution in [0.1, 0.15) is 28.9 Å². The first-order valence-electron chi connectivity index (χ1n) is 8.35. The normalized spacial score (nSPS) is 13.0. The molecule has 126 valence electrons. The van der Waals surface area contributed by atoms with Gasteiger partial charge in [-0.1, -0.05) is 79.7 Å². The van der Waals surface area contributed by atoms with Gasteiger partial charge in [-0.15, -0.1) is 0 Å². The minimum atomic E-state index is -0.301. The van der Waals surface area contributed by atoms with Crippen LogP contribution in [0.4, 0.5) is 5.69 Å². The summed E-state index contributed by atoms with van der Waals surface area (Å²) in [4.78, 5) is 12.9. The molecule has 0 spiro atoms. The van der Waals surface area contributed by atoms with Crippen molar-refractivity contribution in [2.45, 2.75) is 13.0 Å². The number of hydrogen-bond acceptors (Lipinski definition) is 3. The molecule has 0 aromatic heterocycles.